The summed E-state index contributed by atoms with van der Waals surface area (Å²) >= 11 is 0. The first-order chi connectivity index (χ1) is 7.54. The summed E-state index contributed by atoms with van der Waals surface area (Å²) in [7, 11) is 1.78. The van der Waals surface area contributed by atoms with Gasteiger partial charge >= 0.3 is 0 Å². The topological polar surface area (TPSA) is 21.3 Å². The van der Waals surface area contributed by atoms with Crippen LogP contribution in [0, 0.1) is 11.8 Å². The van der Waals surface area contributed by atoms with Crippen LogP contribution in [0.25, 0.3) is 0 Å². The molecule has 0 aliphatic heterocycles. The van der Waals surface area contributed by atoms with Crippen molar-refractivity contribution in [1.82, 2.24) is 5.32 Å². The summed E-state index contributed by atoms with van der Waals surface area (Å²) in [4.78, 5) is 0. The summed E-state index contributed by atoms with van der Waals surface area (Å²) in [5, 5.41) is 3.74. The summed E-state index contributed by atoms with van der Waals surface area (Å²) in [5.74, 6) is 1.44. The minimum atomic E-state index is 0.485. The molecule has 2 heteroatoms. The van der Waals surface area contributed by atoms with Crippen LogP contribution in [-0.4, -0.2) is 25.8 Å². The molecule has 16 heavy (non-hydrogen) atoms. The van der Waals surface area contributed by atoms with Gasteiger partial charge in [0.25, 0.3) is 0 Å². The lowest BCUT2D eigenvalue weighted by Crippen LogP contribution is -2.44. The van der Waals surface area contributed by atoms with E-state index in [1.54, 1.807) is 7.11 Å². The lowest BCUT2D eigenvalue weighted by Gasteiger charge is -2.28. The minimum Gasteiger partial charge on any atom is -0.383 e. The average molecular weight is 229 g/mol. The standard InChI is InChI=1S/C14H31NO/c1-7-12(5)9-13(8-2)15-14(10-16-6)11(3)4/h11-15H,7-10H2,1-6H3. The molecule has 98 valence electrons. The second-order valence-electron chi connectivity index (χ2n) is 5.33. The van der Waals surface area contributed by atoms with E-state index >= 15 is 0 Å². The van der Waals surface area contributed by atoms with Crippen LogP contribution in [0.1, 0.15) is 53.9 Å². The predicted molar refractivity (Wildman–Crippen MR) is 71.8 cm³/mol. The molecule has 0 aromatic rings. The Morgan fingerprint density at radius 2 is 1.69 bits per heavy atom. The second kappa shape index (κ2) is 9.00. The van der Waals surface area contributed by atoms with E-state index in [-0.39, 0.29) is 0 Å². The summed E-state index contributed by atoms with van der Waals surface area (Å²) < 4.78 is 5.28. The van der Waals surface area contributed by atoms with E-state index in [2.05, 4.69) is 39.9 Å². The minimum absolute atomic E-state index is 0.485. The highest BCUT2D eigenvalue weighted by molar-refractivity contribution is 4.77. The second-order valence-corrected chi connectivity index (χ2v) is 5.33. The van der Waals surface area contributed by atoms with Gasteiger partial charge in [-0.2, -0.15) is 0 Å². The van der Waals surface area contributed by atoms with Gasteiger partial charge in [-0.1, -0.05) is 41.0 Å². The van der Waals surface area contributed by atoms with E-state index in [1.807, 2.05) is 0 Å². The van der Waals surface area contributed by atoms with Crippen LogP contribution in [0.3, 0.4) is 0 Å². The van der Waals surface area contributed by atoms with Crippen molar-refractivity contribution in [1.29, 1.82) is 0 Å². The summed E-state index contributed by atoms with van der Waals surface area (Å²) in [6.45, 7) is 12.2. The van der Waals surface area contributed by atoms with Crippen molar-refractivity contribution >= 4 is 0 Å². The SMILES string of the molecule is CCC(C)CC(CC)NC(COC)C(C)C. The third-order valence-corrected chi connectivity index (χ3v) is 3.48. The van der Waals surface area contributed by atoms with Crippen LogP contribution >= 0.6 is 0 Å². The van der Waals surface area contributed by atoms with E-state index in [9.17, 15) is 0 Å². The number of nitrogens with one attached hydrogen (secondary N) is 1. The summed E-state index contributed by atoms with van der Waals surface area (Å²) in [6.07, 6.45) is 3.76. The molecule has 0 radical (unpaired) electrons. The molecule has 2 nitrogen and oxygen atoms in total. The Labute approximate surface area is 102 Å². The maximum absolute atomic E-state index is 5.28. The van der Waals surface area contributed by atoms with Gasteiger partial charge in [0.05, 0.1) is 6.61 Å². The van der Waals surface area contributed by atoms with E-state index in [1.165, 1.54) is 19.3 Å². The van der Waals surface area contributed by atoms with Gasteiger partial charge in [0.2, 0.25) is 0 Å². The highest BCUT2D eigenvalue weighted by Crippen LogP contribution is 2.14. The van der Waals surface area contributed by atoms with Gasteiger partial charge in [0.15, 0.2) is 0 Å². The number of rotatable bonds is 9. The Balaban J connectivity index is 4.14. The maximum Gasteiger partial charge on any atom is 0.0618 e. The fourth-order valence-electron chi connectivity index (χ4n) is 1.92. The van der Waals surface area contributed by atoms with Crippen LogP contribution in [0.15, 0.2) is 0 Å². The van der Waals surface area contributed by atoms with Crippen LogP contribution in [0.5, 0.6) is 0 Å². The van der Waals surface area contributed by atoms with Crippen LogP contribution in [-0.2, 0) is 4.74 Å². The fourth-order valence-corrected chi connectivity index (χ4v) is 1.92. The van der Waals surface area contributed by atoms with E-state index in [0.29, 0.717) is 18.0 Å². The van der Waals surface area contributed by atoms with E-state index < -0.39 is 0 Å². The summed E-state index contributed by atoms with van der Waals surface area (Å²) in [5.41, 5.74) is 0. The molecule has 3 atom stereocenters. The zero-order chi connectivity index (χ0) is 12.6. The molecule has 0 bridgehead atoms. The Bertz CT molecular complexity index is 159. The van der Waals surface area contributed by atoms with Gasteiger partial charge in [-0.05, 0) is 24.7 Å². The number of hydrogen-bond acceptors (Lipinski definition) is 2. The third kappa shape index (κ3) is 6.49. The predicted octanol–water partition coefficient (Wildman–Crippen LogP) is 3.46. The van der Waals surface area contributed by atoms with Gasteiger partial charge in [-0.15, -0.1) is 0 Å². The van der Waals surface area contributed by atoms with Gasteiger partial charge in [-0.25, -0.2) is 0 Å². The third-order valence-electron chi connectivity index (χ3n) is 3.48. The first kappa shape index (κ1) is 15.9. The zero-order valence-corrected chi connectivity index (χ0v) is 12.0. The van der Waals surface area contributed by atoms with Gasteiger partial charge < -0.3 is 10.1 Å². The molecule has 0 fully saturated rings. The molecule has 0 aliphatic rings. The van der Waals surface area contributed by atoms with Crippen molar-refractivity contribution in [3.63, 3.8) is 0 Å². The molecule has 0 aromatic carbocycles. The molecule has 0 amide bonds. The molecule has 0 aromatic heterocycles. The van der Waals surface area contributed by atoms with Crippen LogP contribution in [0.4, 0.5) is 0 Å². The quantitative estimate of drug-likeness (QED) is 0.654. The van der Waals surface area contributed by atoms with Gasteiger partial charge in [-0.3, -0.25) is 0 Å². The number of hydrogen-bond donors (Lipinski definition) is 1. The molecule has 0 aliphatic carbocycles. The first-order valence-electron chi connectivity index (χ1n) is 6.80. The summed E-state index contributed by atoms with van der Waals surface area (Å²) in [6, 6.07) is 1.12. The van der Waals surface area contributed by atoms with Crippen molar-refractivity contribution in [2.75, 3.05) is 13.7 Å². The van der Waals surface area contributed by atoms with Crippen molar-refractivity contribution in [3.05, 3.63) is 0 Å². The Morgan fingerprint density at radius 1 is 1.06 bits per heavy atom. The molecular weight excluding hydrogens is 198 g/mol. The Morgan fingerprint density at radius 3 is 2.06 bits per heavy atom. The molecule has 0 rings (SSSR count). The van der Waals surface area contributed by atoms with Gasteiger partial charge in [0, 0.05) is 19.2 Å². The van der Waals surface area contributed by atoms with E-state index in [0.717, 1.165) is 12.5 Å². The molecule has 0 saturated heterocycles. The van der Waals surface area contributed by atoms with Crippen molar-refractivity contribution in [3.8, 4) is 0 Å². The fraction of sp³-hybridized carbons (Fsp3) is 1.00. The largest absolute Gasteiger partial charge is 0.383 e. The molecule has 0 heterocycles. The van der Waals surface area contributed by atoms with Crippen molar-refractivity contribution < 1.29 is 4.74 Å². The number of ether oxygens (including phenoxy) is 1. The molecule has 3 unspecified atom stereocenters. The lowest BCUT2D eigenvalue weighted by atomic mass is 9.95. The molecule has 1 N–H and O–H groups in total. The molecule has 0 spiro atoms. The maximum atomic E-state index is 5.28. The van der Waals surface area contributed by atoms with Crippen LogP contribution < -0.4 is 5.32 Å². The van der Waals surface area contributed by atoms with Crippen molar-refractivity contribution in [2.45, 2.75) is 66.0 Å². The average Bonchev–Trinajstić information content (AvgIpc) is 2.26. The van der Waals surface area contributed by atoms with Gasteiger partial charge in [0.1, 0.15) is 0 Å². The van der Waals surface area contributed by atoms with Crippen molar-refractivity contribution in [2.24, 2.45) is 11.8 Å². The monoisotopic (exact) mass is 229 g/mol. The normalized spacial score (nSPS) is 17.4. The highest BCUT2D eigenvalue weighted by Gasteiger charge is 2.18. The zero-order valence-electron chi connectivity index (χ0n) is 12.0. The Kier molecular flexibility index (Phi) is 8.96. The van der Waals surface area contributed by atoms with Crippen LogP contribution in [0.2, 0.25) is 0 Å². The highest BCUT2D eigenvalue weighted by atomic mass is 16.5. The molecule has 0 saturated carbocycles. The lowest BCUT2D eigenvalue weighted by molar-refractivity contribution is 0.136. The first-order valence-corrected chi connectivity index (χ1v) is 6.80. The smallest absolute Gasteiger partial charge is 0.0618 e. The molecular formula is C14H31NO. The van der Waals surface area contributed by atoms with E-state index in [4.69, 9.17) is 4.74 Å². The number of methoxy groups -OCH3 is 1. The Hall–Kier alpha value is -0.0800.